The predicted molar refractivity (Wildman–Crippen MR) is 126 cm³/mol. The highest BCUT2D eigenvalue weighted by Crippen LogP contribution is 2.41. The van der Waals surface area contributed by atoms with Crippen molar-refractivity contribution in [1.29, 1.82) is 0 Å². The molecule has 0 aliphatic carbocycles. The van der Waals surface area contributed by atoms with Gasteiger partial charge in [0.2, 0.25) is 19.9 Å². The Kier molecular flexibility index (Phi) is 6.27. The summed E-state index contributed by atoms with van der Waals surface area (Å²) in [6.45, 7) is 2.04. The summed E-state index contributed by atoms with van der Waals surface area (Å²) in [6.07, 6.45) is 1.92. The summed E-state index contributed by atoms with van der Waals surface area (Å²) in [7, 11) is -7.90. The second-order valence-corrected chi connectivity index (χ2v) is 11.9. The van der Waals surface area contributed by atoms with Gasteiger partial charge in [0.05, 0.1) is 20.7 Å². The molecule has 1 aliphatic heterocycles. The zero-order chi connectivity index (χ0) is 22.9. The number of rotatable bonds is 5. The second-order valence-electron chi connectivity index (χ2n) is 7.59. The van der Waals surface area contributed by atoms with Crippen LogP contribution in [0.25, 0.3) is 0 Å². The monoisotopic (exact) mass is 487 g/mol. The van der Waals surface area contributed by atoms with Gasteiger partial charge in [0.15, 0.2) is 0 Å². The highest BCUT2D eigenvalue weighted by Gasteiger charge is 2.41. The number of benzene rings is 3. The normalized spacial score (nSPS) is 17.7. The van der Waals surface area contributed by atoms with Crippen LogP contribution in [0.2, 0.25) is 5.02 Å². The first kappa shape index (κ1) is 22.7. The predicted octanol–water partition coefficient (Wildman–Crippen LogP) is 5.14. The molecule has 0 aromatic heterocycles. The zero-order valence-electron chi connectivity index (χ0n) is 17.3. The van der Waals surface area contributed by atoms with Crippen molar-refractivity contribution in [1.82, 2.24) is 4.31 Å². The van der Waals surface area contributed by atoms with Crippen molar-refractivity contribution in [3.63, 3.8) is 0 Å². The van der Waals surface area contributed by atoms with Crippen molar-refractivity contribution in [3.05, 3.63) is 106 Å². The molecular formula is C24H22ClNO4S2. The Labute approximate surface area is 193 Å². The van der Waals surface area contributed by atoms with E-state index in [4.69, 9.17) is 11.6 Å². The molecule has 0 radical (unpaired) electrons. The molecule has 1 unspecified atom stereocenters. The molecule has 0 spiro atoms. The Morgan fingerprint density at radius 2 is 1.44 bits per heavy atom. The quantitative estimate of drug-likeness (QED) is 0.499. The van der Waals surface area contributed by atoms with E-state index >= 15 is 0 Å². The van der Waals surface area contributed by atoms with E-state index in [0.29, 0.717) is 10.6 Å². The second kappa shape index (κ2) is 8.83. The SMILES string of the molecule is Cc1ccc(S(=O)(=O)C2=CCCN(S(=O)(=O)c3ccccc3)C2c2ccc(Cl)cc2)cc1. The van der Waals surface area contributed by atoms with Crippen LogP contribution in [0.3, 0.4) is 0 Å². The molecule has 0 amide bonds. The molecule has 1 atom stereocenters. The van der Waals surface area contributed by atoms with Gasteiger partial charge < -0.3 is 0 Å². The third kappa shape index (κ3) is 4.26. The fourth-order valence-electron chi connectivity index (χ4n) is 3.79. The number of halogens is 1. The van der Waals surface area contributed by atoms with Crippen molar-refractivity contribution in [2.24, 2.45) is 0 Å². The zero-order valence-corrected chi connectivity index (χ0v) is 19.7. The van der Waals surface area contributed by atoms with E-state index < -0.39 is 25.9 Å². The van der Waals surface area contributed by atoms with Gasteiger partial charge in [0.25, 0.3) is 0 Å². The van der Waals surface area contributed by atoms with Gasteiger partial charge >= 0.3 is 0 Å². The molecule has 32 heavy (non-hydrogen) atoms. The average Bonchev–Trinajstić information content (AvgIpc) is 2.80. The van der Waals surface area contributed by atoms with Gasteiger partial charge in [-0.05, 0) is 55.3 Å². The van der Waals surface area contributed by atoms with Crippen LogP contribution < -0.4 is 0 Å². The summed E-state index contributed by atoms with van der Waals surface area (Å²) in [4.78, 5) is 0.301. The Balaban J connectivity index is 1.89. The van der Waals surface area contributed by atoms with Gasteiger partial charge in [-0.2, -0.15) is 4.31 Å². The van der Waals surface area contributed by atoms with Gasteiger partial charge in [-0.25, -0.2) is 16.8 Å². The van der Waals surface area contributed by atoms with Gasteiger partial charge in [-0.15, -0.1) is 0 Å². The molecule has 3 aromatic rings. The highest BCUT2D eigenvalue weighted by atomic mass is 35.5. The van der Waals surface area contributed by atoms with Crippen LogP contribution in [0.15, 0.2) is 99.6 Å². The molecule has 166 valence electrons. The van der Waals surface area contributed by atoms with E-state index in [1.807, 2.05) is 6.92 Å². The van der Waals surface area contributed by atoms with Crippen LogP contribution in [0, 0.1) is 6.92 Å². The van der Waals surface area contributed by atoms with Crippen LogP contribution in [-0.4, -0.2) is 27.7 Å². The summed E-state index contributed by atoms with van der Waals surface area (Å²) < 4.78 is 55.7. The molecule has 0 N–H and O–H groups in total. The van der Waals surface area contributed by atoms with Gasteiger partial charge in [0, 0.05) is 11.6 Å². The van der Waals surface area contributed by atoms with Crippen molar-refractivity contribution in [2.45, 2.75) is 29.2 Å². The van der Waals surface area contributed by atoms with E-state index in [-0.39, 0.29) is 27.7 Å². The topological polar surface area (TPSA) is 71.5 Å². The van der Waals surface area contributed by atoms with Gasteiger partial charge in [0.1, 0.15) is 0 Å². The minimum Gasteiger partial charge on any atom is -0.219 e. The van der Waals surface area contributed by atoms with Crippen molar-refractivity contribution >= 4 is 31.5 Å². The maximum absolute atomic E-state index is 13.6. The average molecular weight is 488 g/mol. The van der Waals surface area contributed by atoms with Crippen LogP contribution >= 0.6 is 11.6 Å². The molecule has 0 fully saturated rings. The summed E-state index contributed by atoms with van der Waals surface area (Å²) in [5.74, 6) is 0. The van der Waals surface area contributed by atoms with Crippen molar-refractivity contribution < 1.29 is 16.8 Å². The molecule has 1 aliphatic rings. The number of aryl methyl sites for hydroxylation is 1. The lowest BCUT2D eigenvalue weighted by molar-refractivity contribution is 0.353. The number of nitrogens with zero attached hydrogens (tertiary/aromatic N) is 1. The lowest BCUT2D eigenvalue weighted by atomic mass is 10.0. The first-order valence-electron chi connectivity index (χ1n) is 10.1. The molecule has 8 heteroatoms. The van der Waals surface area contributed by atoms with Crippen LogP contribution in [-0.2, 0) is 19.9 Å². The first-order chi connectivity index (χ1) is 15.2. The minimum absolute atomic E-state index is 0.0504. The fraction of sp³-hybridized carbons (Fsp3) is 0.167. The number of hydrogen-bond donors (Lipinski definition) is 0. The van der Waals surface area contributed by atoms with Crippen molar-refractivity contribution in [2.75, 3.05) is 6.54 Å². The molecule has 5 nitrogen and oxygen atoms in total. The standard InChI is InChI=1S/C24H22ClNO4S2/c1-18-9-15-21(16-10-18)31(27,28)23-8-5-17-26(24(23)19-11-13-20(25)14-12-19)32(29,30)22-6-3-2-4-7-22/h2-4,6-16,24H,5,17H2,1H3. The van der Waals surface area contributed by atoms with Crippen LogP contribution in [0.5, 0.6) is 0 Å². The molecule has 0 saturated carbocycles. The summed E-state index contributed by atoms with van der Waals surface area (Å²) >= 11 is 6.05. The number of hydrogen-bond acceptors (Lipinski definition) is 4. The Bertz CT molecular complexity index is 1350. The number of sulfone groups is 1. The van der Waals surface area contributed by atoms with E-state index in [2.05, 4.69) is 0 Å². The fourth-order valence-corrected chi connectivity index (χ4v) is 7.27. The molecule has 0 bridgehead atoms. The smallest absolute Gasteiger partial charge is 0.219 e. The van der Waals surface area contributed by atoms with E-state index in [0.717, 1.165) is 5.56 Å². The van der Waals surface area contributed by atoms with Crippen molar-refractivity contribution in [3.8, 4) is 0 Å². The Morgan fingerprint density at radius 3 is 2.06 bits per heavy atom. The Morgan fingerprint density at radius 1 is 0.812 bits per heavy atom. The third-order valence-corrected chi connectivity index (χ3v) is 9.46. The summed E-state index contributed by atoms with van der Waals surface area (Å²) in [5.41, 5.74) is 1.47. The molecule has 0 saturated heterocycles. The maximum atomic E-state index is 13.6. The maximum Gasteiger partial charge on any atom is 0.243 e. The van der Waals surface area contributed by atoms with E-state index in [9.17, 15) is 16.8 Å². The molecule has 3 aromatic carbocycles. The first-order valence-corrected chi connectivity index (χ1v) is 13.4. The third-order valence-electron chi connectivity index (χ3n) is 5.43. The largest absolute Gasteiger partial charge is 0.243 e. The van der Waals surface area contributed by atoms with Crippen LogP contribution in [0.1, 0.15) is 23.6 Å². The lowest BCUT2D eigenvalue weighted by Crippen LogP contribution is -2.40. The summed E-state index contributed by atoms with van der Waals surface area (Å²) in [6, 6.07) is 20.2. The van der Waals surface area contributed by atoms with Gasteiger partial charge in [-0.1, -0.05) is 65.7 Å². The lowest BCUT2D eigenvalue weighted by Gasteiger charge is -2.35. The molecule has 1 heterocycles. The summed E-state index contributed by atoms with van der Waals surface area (Å²) in [5, 5.41) is 0.481. The molecular weight excluding hydrogens is 466 g/mol. The van der Waals surface area contributed by atoms with E-state index in [1.54, 1.807) is 72.8 Å². The van der Waals surface area contributed by atoms with E-state index in [1.165, 1.54) is 16.4 Å². The highest BCUT2D eigenvalue weighted by molar-refractivity contribution is 7.95. The van der Waals surface area contributed by atoms with Gasteiger partial charge in [-0.3, -0.25) is 0 Å². The molecule has 4 rings (SSSR count). The minimum atomic E-state index is -3.96. The number of sulfonamides is 1. The van der Waals surface area contributed by atoms with Crippen LogP contribution in [0.4, 0.5) is 0 Å². The Hall–Kier alpha value is -2.45.